The Balaban J connectivity index is 2.20. The van der Waals surface area contributed by atoms with Crippen molar-refractivity contribution in [1.29, 1.82) is 0 Å². The van der Waals surface area contributed by atoms with Crippen molar-refractivity contribution in [3.8, 4) is 5.75 Å². The van der Waals surface area contributed by atoms with E-state index in [0.29, 0.717) is 33.8 Å². The molecule has 2 aromatic rings. The van der Waals surface area contributed by atoms with Gasteiger partial charge in [-0.25, -0.2) is 0 Å². The van der Waals surface area contributed by atoms with Crippen LogP contribution in [0.1, 0.15) is 44.7 Å². The summed E-state index contributed by atoms with van der Waals surface area (Å²) in [7, 11) is 0. The van der Waals surface area contributed by atoms with Crippen LogP contribution in [0.4, 0.5) is 0 Å². The van der Waals surface area contributed by atoms with Crippen molar-refractivity contribution >= 4 is 50.9 Å². The largest absolute Gasteiger partial charge is 0.483 e. The van der Waals surface area contributed by atoms with Crippen LogP contribution < -0.4 is 10.1 Å². The second-order valence-electron chi connectivity index (χ2n) is 7.46. The van der Waals surface area contributed by atoms with Gasteiger partial charge in [0.1, 0.15) is 11.8 Å². The van der Waals surface area contributed by atoms with Crippen LogP contribution in [0.3, 0.4) is 0 Å². The van der Waals surface area contributed by atoms with Crippen molar-refractivity contribution in [2.45, 2.75) is 46.2 Å². The van der Waals surface area contributed by atoms with Gasteiger partial charge >= 0.3 is 0 Å². The molecule has 0 spiro atoms. The fraction of sp³-hybridized carbons (Fsp3) is 0.391. The maximum absolute atomic E-state index is 13.1. The van der Waals surface area contributed by atoms with Crippen LogP contribution in [0, 0.1) is 0 Å². The minimum Gasteiger partial charge on any atom is -0.483 e. The zero-order valence-corrected chi connectivity index (χ0v) is 21.1. The van der Waals surface area contributed by atoms with Crippen LogP contribution in [0.15, 0.2) is 40.9 Å². The quantitative estimate of drug-likeness (QED) is 0.445. The average molecular weight is 530 g/mol. The number of amides is 2. The molecule has 0 radical (unpaired) electrons. The fourth-order valence-corrected chi connectivity index (χ4v) is 3.93. The lowest BCUT2D eigenvalue weighted by Crippen LogP contribution is -2.49. The van der Waals surface area contributed by atoms with Crippen LogP contribution in [-0.2, 0) is 16.1 Å². The zero-order chi connectivity index (χ0) is 23.1. The van der Waals surface area contributed by atoms with Crippen LogP contribution in [-0.4, -0.2) is 35.9 Å². The van der Waals surface area contributed by atoms with Gasteiger partial charge in [-0.05, 0) is 71.1 Å². The summed E-state index contributed by atoms with van der Waals surface area (Å²) >= 11 is 15.8. The molecule has 0 bridgehead atoms. The van der Waals surface area contributed by atoms with Gasteiger partial charge in [-0.1, -0.05) is 49.2 Å². The zero-order valence-electron chi connectivity index (χ0n) is 18.0. The molecule has 31 heavy (non-hydrogen) atoms. The topological polar surface area (TPSA) is 58.6 Å². The van der Waals surface area contributed by atoms with E-state index in [1.165, 1.54) is 4.90 Å². The number of ether oxygens (including phenoxy) is 1. The van der Waals surface area contributed by atoms with Crippen LogP contribution in [0.2, 0.25) is 10.0 Å². The number of carbonyl (C=O) groups is 2. The Bertz CT molecular complexity index is 937. The van der Waals surface area contributed by atoms with Crippen molar-refractivity contribution in [2.75, 3.05) is 13.2 Å². The molecule has 1 unspecified atom stereocenters. The van der Waals surface area contributed by atoms with E-state index in [1.807, 2.05) is 25.1 Å². The van der Waals surface area contributed by atoms with E-state index in [0.717, 1.165) is 10.0 Å². The normalized spacial score (nSPS) is 11.9. The third-order valence-electron chi connectivity index (χ3n) is 4.85. The van der Waals surface area contributed by atoms with Crippen molar-refractivity contribution < 1.29 is 14.3 Å². The Morgan fingerprint density at radius 2 is 1.84 bits per heavy atom. The highest BCUT2D eigenvalue weighted by atomic mass is 79.9. The Labute approximate surface area is 202 Å². The molecule has 168 valence electrons. The van der Waals surface area contributed by atoms with Gasteiger partial charge in [0.2, 0.25) is 5.91 Å². The molecule has 2 amide bonds. The monoisotopic (exact) mass is 528 g/mol. The average Bonchev–Trinajstić information content (AvgIpc) is 2.71. The highest BCUT2D eigenvalue weighted by Crippen LogP contribution is 2.29. The third kappa shape index (κ3) is 7.13. The molecule has 0 aliphatic heterocycles. The first-order valence-electron chi connectivity index (χ1n) is 10.1. The molecule has 2 aromatic carbocycles. The summed E-state index contributed by atoms with van der Waals surface area (Å²) in [5.74, 6) is 0.366. The van der Waals surface area contributed by atoms with Gasteiger partial charge in [0.15, 0.2) is 6.61 Å². The Hall–Kier alpha value is -1.76. The van der Waals surface area contributed by atoms with E-state index in [2.05, 4.69) is 35.1 Å². The summed E-state index contributed by atoms with van der Waals surface area (Å²) in [5, 5.41) is 3.69. The van der Waals surface area contributed by atoms with Crippen LogP contribution >= 0.6 is 39.1 Å². The SMILES string of the molecule is CCNC(=O)C(C)N(Cc1ccc(Cl)cc1Cl)C(=O)COc1ccc(C(C)C)cc1Br. The molecule has 1 atom stereocenters. The van der Waals surface area contributed by atoms with Gasteiger partial charge < -0.3 is 15.0 Å². The van der Waals surface area contributed by atoms with Gasteiger partial charge in [-0.3, -0.25) is 9.59 Å². The summed E-state index contributed by atoms with van der Waals surface area (Å²) in [6.07, 6.45) is 0. The van der Waals surface area contributed by atoms with E-state index in [4.69, 9.17) is 27.9 Å². The molecule has 5 nitrogen and oxygen atoms in total. The van der Waals surface area contributed by atoms with Crippen LogP contribution in [0.5, 0.6) is 5.75 Å². The lowest BCUT2D eigenvalue weighted by atomic mass is 10.0. The molecule has 0 saturated heterocycles. The minimum atomic E-state index is -0.699. The number of nitrogens with one attached hydrogen (secondary N) is 1. The first kappa shape index (κ1) is 25.5. The summed E-state index contributed by atoms with van der Waals surface area (Å²) < 4.78 is 6.54. The summed E-state index contributed by atoms with van der Waals surface area (Å²) in [6, 6.07) is 10.1. The number of halogens is 3. The van der Waals surface area contributed by atoms with E-state index in [9.17, 15) is 9.59 Å². The number of carbonyl (C=O) groups excluding carboxylic acids is 2. The molecule has 0 fully saturated rings. The van der Waals surface area contributed by atoms with Crippen LogP contribution in [0.25, 0.3) is 0 Å². The fourth-order valence-electron chi connectivity index (χ4n) is 2.95. The van der Waals surface area contributed by atoms with Crippen molar-refractivity contribution in [2.24, 2.45) is 0 Å². The highest BCUT2D eigenvalue weighted by Gasteiger charge is 2.27. The predicted molar refractivity (Wildman–Crippen MR) is 129 cm³/mol. The maximum atomic E-state index is 13.1. The number of hydrogen-bond donors (Lipinski definition) is 1. The molecule has 0 aliphatic carbocycles. The lowest BCUT2D eigenvalue weighted by molar-refractivity contribution is -0.142. The first-order valence-corrected chi connectivity index (χ1v) is 11.6. The maximum Gasteiger partial charge on any atom is 0.261 e. The third-order valence-corrected chi connectivity index (χ3v) is 6.05. The summed E-state index contributed by atoms with van der Waals surface area (Å²) in [6.45, 7) is 8.13. The molecular formula is C23H27BrCl2N2O3. The van der Waals surface area contributed by atoms with Gasteiger partial charge in [-0.15, -0.1) is 0 Å². The molecule has 1 N–H and O–H groups in total. The van der Waals surface area contributed by atoms with Gasteiger partial charge in [0, 0.05) is 23.1 Å². The number of benzene rings is 2. The smallest absolute Gasteiger partial charge is 0.261 e. The predicted octanol–water partition coefficient (Wildman–Crippen LogP) is 5.81. The molecule has 8 heteroatoms. The molecule has 0 saturated carbocycles. The van der Waals surface area contributed by atoms with E-state index >= 15 is 0 Å². The molecular weight excluding hydrogens is 503 g/mol. The van der Waals surface area contributed by atoms with E-state index in [-0.39, 0.29) is 25.0 Å². The van der Waals surface area contributed by atoms with Crippen molar-refractivity contribution in [3.05, 3.63) is 62.0 Å². The second-order valence-corrected chi connectivity index (χ2v) is 9.16. The highest BCUT2D eigenvalue weighted by molar-refractivity contribution is 9.10. The summed E-state index contributed by atoms with van der Waals surface area (Å²) in [5.41, 5.74) is 1.85. The Kier molecular flexibility index (Phi) is 9.66. The standard InChI is InChI=1S/C23H27BrCl2N2O3/c1-5-27-23(30)15(4)28(12-17-6-8-18(25)11-20(17)26)22(29)13-31-21-9-7-16(14(2)3)10-19(21)24/h6-11,14-15H,5,12-13H2,1-4H3,(H,27,30). The van der Waals surface area contributed by atoms with Gasteiger partial charge in [-0.2, -0.15) is 0 Å². The number of rotatable bonds is 9. The lowest BCUT2D eigenvalue weighted by Gasteiger charge is -2.29. The number of likely N-dealkylation sites (N-methyl/N-ethyl adjacent to an activating group) is 1. The number of hydrogen-bond acceptors (Lipinski definition) is 3. The van der Waals surface area contributed by atoms with Crippen molar-refractivity contribution in [3.63, 3.8) is 0 Å². The Morgan fingerprint density at radius 3 is 2.42 bits per heavy atom. The Morgan fingerprint density at radius 1 is 1.13 bits per heavy atom. The second kappa shape index (κ2) is 11.7. The summed E-state index contributed by atoms with van der Waals surface area (Å²) in [4.78, 5) is 27.0. The van der Waals surface area contributed by atoms with Gasteiger partial charge in [0.25, 0.3) is 5.91 Å². The van der Waals surface area contributed by atoms with E-state index < -0.39 is 6.04 Å². The molecule has 0 aliphatic rings. The minimum absolute atomic E-state index is 0.157. The van der Waals surface area contributed by atoms with E-state index in [1.54, 1.807) is 25.1 Å². The van der Waals surface area contributed by atoms with Crippen molar-refractivity contribution in [1.82, 2.24) is 10.2 Å². The molecule has 0 aromatic heterocycles. The number of nitrogens with zero attached hydrogens (tertiary/aromatic N) is 1. The molecule has 0 heterocycles. The molecule has 2 rings (SSSR count). The first-order chi connectivity index (χ1) is 14.6. The van der Waals surface area contributed by atoms with Gasteiger partial charge in [0.05, 0.1) is 4.47 Å².